The predicted octanol–water partition coefficient (Wildman–Crippen LogP) is 4.04. The van der Waals surface area contributed by atoms with Crippen molar-refractivity contribution in [3.8, 4) is 0 Å². The standard InChI is InChI=1S/C22H20Cl2N4O3S/c1-16-7-9-18(10-8-16)32(30,31)28(14-19-20(23)5-2-6-21(19)24)15-22(29)27-26-13-17-4-3-11-25-12-17/h2-13H,14-15H2,1H3,(H,27,29)/b26-13-. The average Bonchev–Trinajstić information content (AvgIpc) is 2.76. The summed E-state index contributed by atoms with van der Waals surface area (Å²) in [7, 11) is -4.03. The lowest BCUT2D eigenvalue weighted by Crippen LogP contribution is -2.39. The van der Waals surface area contributed by atoms with Gasteiger partial charge in [-0.15, -0.1) is 0 Å². The number of aromatic nitrogens is 1. The van der Waals surface area contributed by atoms with E-state index < -0.39 is 22.5 Å². The van der Waals surface area contributed by atoms with Gasteiger partial charge in [-0.2, -0.15) is 9.41 Å². The number of nitrogens with zero attached hydrogens (tertiary/aromatic N) is 3. The monoisotopic (exact) mass is 490 g/mol. The third kappa shape index (κ3) is 6.14. The molecule has 0 aliphatic carbocycles. The number of carbonyl (C=O) groups is 1. The number of hydrogen-bond acceptors (Lipinski definition) is 5. The summed E-state index contributed by atoms with van der Waals surface area (Å²) in [6, 6.07) is 14.7. The Morgan fingerprint density at radius 1 is 1.09 bits per heavy atom. The van der Waals surface area contributed by atoms with Gasteiger partial charge in [0.25, 0.3) is 5.91 Å². The minimum absolute atomic E-state index is 0.0536. The molecule has 0 unspecified atom stereocenters. The first-order chi connectivity index (χ1) is 15.3. The van der Waals surface area contributed by atoms with E-state index in [1.165, 1.54) is 18.3 Å². The van der Waals surface area contributed by atoms with Gasteiger partial charge in [0.2, 0.25) is 10.0 Å². The summed E-state index contributed by atoms with van der Waals surface area (Å²) in [6.07, 6.45) is 4.60. The zero-order valence-corrected chi connectivity index (χ0v) is 19.4. The highest BCUT2D eigenvalue weighted by Crippen LogP contribution is 2.28. The number of nitrogens with one attached hydrogen (secondary N) is 1. The van der Waals surface area contributed by atoms with E-state index in [0.717, 1.165) is 9.87 Å². The van der Waals surface area contributed by atoms with Crippen LogP contribution in [-0.2, 0) is 21.4 Å². The number of amides is 1. The van der Waals surface area contributed by atoms with Gasteiger partial charge in [-0.3, -0.25) is 9.78 Å². The molecule has 10 heteroatoms. The molecule has 32 heavy (non-hydrogen) atoms. The number of rotatable bonds is 8. The molecular formula is C22H20Cl2N4O3S. The molecule has 1 aromatic heterocycles. The van der Waals surface area contributed by atoms with Crippen molar-refractivity contribution in [2.45, 2.75) is 18.4 Å². The largest absolute Gasteiger partial charge is 0.272 e. The molecule has 1 heterocycles. The minimum atomic E-state index is -4.03. The average molecular weight is 491 g/mol. The van der Waals surface area contributed by atoms with E-state index in [1.807, 2.05) is 6.92 Å². The summed E-state index contributed by atoms with van der Waals surface area (Å²) in [5, 5.41) is 4.47. The molecule has 1 amide bonds. The zero-order valence-electron chi connectivity index (χ0n) is 17.1. The topological polar surface area (TPSA) is 91.7 Å². The van der Waals surface area contributed by atoms with Crippen LogP contribution in [0.15, 0.2) is 77.0 Å². The first-order valence-corrected chi connectivity index (χ1v) is 11.7. The van der Waals surface area contributed by atoms with Gasteiger partial charge in [0.05, 0.1) is 17.7 Å². The number of hydrogen-bond donors (Lipinski definition) is 1. The molecule has 7 nitrogen and oxygen atoms in total. The highest BCUT2D eigenvalue weighted by Gasteiger charge is 2.28. The third-order valence-electron chi connectivity index (χ3n) is 4.46. The van der Waals surface area contributed by atoms with Gasteiger partial charge in [0.15, 0.2) is 0 Å². The highest BCUT2D eigenvalue weighted by atomic mass is 35.5. The lowest BCUT2D eigenvalue weighted by Gasteiger charge is -2.22. The fourth-order valence-electron chi connectivity index (χ4n) is 2.77. The highest BCUT2D eigenvalue weighted by molar-refractivity contribution is 7.89. The summed E-state index contributed by atoms with van der Waals surface area (Å²) in [5.74, 6) is -0.621. The van der Waals surface area contributed by atoms with E-state index in [2.05, 4.69) is 15.5 Å². The number of pyridine rings is 1. The van der Waals surface area contributed by atoms with E-state index in [4.69, 9.17) is 23.2 Å². The van der Waals surface area contributed by atoms with Gasteiger partial charge < -0.3 is 0 Å². The van der Waals surface area contributed by atoms with Crippen molar-refractivity contribution < 1.29 is 13.2 Å². The van der Waals surface area contributed by atoms with Crippen molar-refractivity contribution in [2.75, 3.05) is 6.54 Å². The van der Waals surface area contributed by atoms with Gasteiger partial charge in [-0.1, -0.05) is 53.0 Å². The van der Waals surface area contributed by atoms with Crippen LogP contribution in [-0.4, -0.2) is 36.4 Å². The molecule has 3 aromatic rings. The Morgan fingerprint density at radius 3 is 2.41 bits per heavy atom. The van der Waals surface area contributed by atoms with Gasteiger partial charge in [0, 0.05) is 40.1 Å². The van der Waals surface area contributed by atoms with E-state index in [1.54, 1.807) is 54.9 Å². The molecule has 166 valence electrons. The quantitative estimate of drug-likeness (QED) is 0.380. The Hall–Kier alpha value is -2.78. The van der Waals surface area contributed by atoms with Crippen LogP contribution in [0.25, 0.3) is 0 Å². The smallest absolute Gasteiger partial charge is 0.255 e. The maximum absolute atomic E-state index is 13.3. The number of hydrazone groups is 1. The predicted molar refractivity (Wildman–Crippen MR) is 125 cm³/mol. The molecule has 0 fully saturated rings. The van der Waals surface area contributed by atoms with Crippen LogP contribution in [0.3, 0.4) is 0 Å². The second-order valence-electron chi connectivity index (χ2n) is 6.87. The van der Waals surface area contributed by atoms with Crippen molar-refractivity contribution in [1.82, 2.24) is 14.7 Å². The van der Waals surface area contributed by atoms with E-state index in [-0.39, 0.29) is 11.4 Å². The summed E-state index contributed by atoms with van der Waals surface area (Å²) in [6.45, 7) is 1.18. The van der Waals surface area contributed by atoms with Gasteiger partial charge in [-0.25, -0.2) is 13.8 Å². The summed E-state index contributed by atoms with van der Waals surface area (Å²) in [5.41, 5.74) is 4.33. The van der Waals surface area contributed by atoms with Crippen LogP contribution in [0.5, 0.6) is 0 Å². The zero-order chi connectivity index (χ0) is 23.1. The number of aryl methyl sites for hydroxylation is 1. The normalized spacial score (nSPS) is 11.8. The number of sulfonamides is 1. The summed E-state index contributed by atoms with van der Waals surface area (Å²) < 4.78 is 27.6. The van der Waals surface area contributed by atoms with E-state index in [0.29, 0.717) is 21.2 Å². The number of halogens is 2. The SMILES string of the molecule is Cc1ccc(S(=O)(=O)N(CC(=O)N/N=C\c2cccnc2)Cc2c(Cl)cccc2Cl)cc1. The molecule has 0 aliphatic rings. The second kappa shape index (κ2) is 10.7. The maximum Gasteiger partial charge on any atom is 0.255 e. The summed E-state index contributed by atoms with van der Waals surface area (Å²) >= 11 is 12.5. The number of benzene rings is 2. The Balaban J connectivity index is 1.85. The Labute approximate surface area is 196 Å². The fourth-order valence-corrected chi connectivity index (χ4v) is 4.65. The Bertz CT molecular complexity index is 1200. The van der Waals surface area contributed by atoms with Crippen molar-refractivity contribution >= 4 is 45.3 Å². The molecule has 1 N–H and O–H groups in total. The molecule has 0 spiro atoms. The van der Waals surface area contributed by atoms with Gasteiger partial charge >= 0.3 is 0 Å². The first kappa shape index (κ1) is 23.9. The molecule has 0 atom stereocenters. The molecule has 0 saturated heterocycles. The summed E-state index contributed by atoms with van der Waals surface area (Å²) in [4.78, 5) is 16.5. The van der Waals surface area contributed by atoms with Crippen molar-refractivity contribution in [2.24, 2.45) is 5.10 Å². The molecule has 0 bridgehead atoms. The van der Waals surface area contributed by atoms with E-state index in [9.17, 15) is 13.2 Å². The van der Waals surface area contributed by atoms with Crippen LogP contribution < -0.4 is 5.43 Å². The molecule has 0 aliphatic heterocycles. The van der Waals surface area contributed by atoms with Crippen LogP contribution >= 0.6 is 23.2 Å². The molecular weight excluding hydrogens is 471 g/mol. The molecule has 2 aromatic carbocycles. The molecule has 3 rings (SSSR count). The lowest BCUT2D eigenvalue weighted by molar-refractivity contribution is -0.121. The Kier molecular flexibility index (Phi) is 7.98. The molecule has 0 radical (unpaired) electrons. The molecule has 0 saturated carbocycles. The second-order valence-corrected chi connectivity index (χ2v) is 9.62. The van der Waals surface area contributed by atoms with Crippen molar-refractivity contribution in [3.05, 3.63) is 93.7 Å². The van der Waals surface area contributed by atoms with Crippen LogP contribution in [0.4, 0.5) is 0 Å². The van der Waals surface area contributed by atoms with Crippen molar-refractivity contribution in [1.29, 1.82) is 0 Å². The van der Waals surface area contributed by atoms with E-state index >= 15 is 0 Å². The lowest BCUT2D eigenvalue weighted by atomic mass is 10.2. The van der Waals surface area contributed by atoms with Gasteiger partial charge in [0.1, 0.15) is 0 Å². The minimum Gasteiger partial charge on any atom is -0.272 e. The first-order valence-electron chi connectivity index (χ1n) is 9.49. The van der Waals surface area contributed by atoms with Crippen LogP contribution in [0.1, 0.15) is 16.7 Å². The van der Waals surface area contributed by atoms with Crippen LogP contribution in [0, 0.1) is 6.92 Å². The van der Waals surface area contributed by atoms with Crippen LogP contribution in [0.2, 0.25) is 10.0 Å². The fraction of sp³-hybridized carbons (Fsp3) is 0.136. The maximum atomic E-state index is 13.3. The van der Waals surface area contributed by atoms with Gasteiger partial charge in [-0.05, 0) is 37.3 Å². The Morgan fingerprint density at radius 2 is 1.78 bits per heavy atom. The third-order valence-corrected chi connectivity index (χ3v) is 6.98. The van der Waals surface area contributed by atoms with Crippen molar-refractivity contribution in [3.63, 3.8) is 0 Å². The number of carbonyl (C=O) groups excluding carboxylic acids is 1.